The maximum atomic E-state index is 10.4. The first-order chi connectivity index (χ1) is 8.77. The maximum absolute atomic E-state index is 10.4. The second-order valence-electron chi connectivity index (χ2n) is 6.29. The Labute approximate surface area is 112 Å². The Hall–Kier alpha value is -0.240. The fourth-order valence-electron chi connectivity index (χ4n) is 2.96. The molecule has 3 aliphatic rings. The van der Waals surface area contributed by atoms with E-state index in [9.17, 15) is 5.11 Å². The third-order valence-electron chi connectivity index (χ3n) is 3.75. The second kappa shape index (κ2) is 4.38. The molecule has 1 N–H and O–H groups in total. The molecule has 0 unspecified atom stereocenters. The molecule has 5 atom stereocenters. The third kappa shape index (κ3) is 2.53. The van der Waals surface area contributed by atoms with Crippen molar-refractivity contribution < 1.29 is 28.8 Å². The van der Waals surface area contributed by atoms with E-state index < -0.39 is 29.9 Å². The molecule has 3 heterocycles. The van der Waals surface area contributed by atoms with Crippen LogP contribution in [0.4, 0.5) is 0 Å². The van der Waals surface area contributed by atoms with Crippen molar-refractivity contribution in [2.75, 3.05) is 13.2 Å². The van der Waals surface area contributed by atoms with Gasteiger partial charge in [0.1, 0.15) is 30.5 Å². The van der Waals surface area contributed by atoms with Crippen molar-refractivity contribution >= 4 is 0 Å². The van der Waals surface area contributed by atoms with Gasteiger partial charge in [0, 0.05) is 0 Å². The number of ether oxygens (including phenoxy) is 5. The van der Waals surface area contributed by atoms with Gasteiger partial charge in [0.2, 0.25) is 0 Å². The van der Waals surface area contributed by atoms with Gasteiger partial charge in [-0.3, -0.25) is 0 Å². The van der Waals surface area contributed by atoms with Crippen LogP contribution in [0.1, 0.15) is 27.7 Å². The lowest BCUT2D eigenvalue weighted by Crippen LogP contribution is -2.46. The van der Waals surface area contributed by atoms with Crippen LogP contribution in [0.3, 0.4) is 0 Å². The first kappa shape index (κ1) is 13.7. The molecular formula is C13H22O6. The zero-order chi connectivity index (χ0) is 13.8. The Morgan fingerprint density at radius 2 is 1.74 bits per heavy atom. The molecule has 0 saturated carbocycles. The van der Waals surface area contributed by atoms with Crippen molar-refractivity contribution in [1.29, 1.82) is 0 Å². The van der Waals surface area contributed by atoms with Gasteiger partial charge >= 0.3 is 0 Å². The molecule has 0 aliphatic carbocycles. The number of hydrogen-bond donors (Lipinski definition) is 1. The van der Waals surface area contributed by atoms with Crippen LogP contribution in [0, 0.1) is 0 Å². The van der Waals surface area contributed by atoms with E-state index in [-0.39, 0.29) is 12.2 Å². The lowest BCUT2D eigenvalue weighted by atomic mass is 10.0. The second-order valence-corrected chi connectivity index (χ2v) is 6.29. The summed E-state index contributed by atoms with van der Waals surface area (Å²) < 4.78 is 28.3. The molecule has 0 aromatic heterocycles. The van der Waals surface area contributed by atoms with Gasteiger partial charge in [0.05, 0.1) is 13.2 Å². The zero-order valence-electron chi connectivity index (χ0n) is 11.8. The quantitative estimate of drug-likeness (QED) is 0.787. The van der Waals surface area contributed by atoms with E-state index in [2.05, 4.69) is 0 Å². The number of fused-ring (bicyclic) bond motifs is 1. The van der Waals surface area contributed by atoms with Crippen LogP contribution in [-0.4, -0.2) is 60.4 Å². The number of hydrogen-bond acceptors (Lipinski definition) is 6. The molecule has 19 heavy (non-hydrogen) atoms. The first-order valence-electron chi connectivity index (χ1n) is 6.74. The molecule has 0 aromatic rings. The summed E-state index contributed by atoms with van der Waals surface area (Å²) in [4.78, 5) is 0. The lowest BCUT2D eigenvalue weighted by molar-refractivity contribution is -0.199. The summed E-state index contributed by atoms with van der Waals surface area (Å²) in [5.41, 5.74) is 0. The summed E-state index contributed by atoms with van der Waals surface area (Å²) in [5.74, 6) is -1.28. The SMILES string of the molecule is CC1(C)OC[C@@H]([C@@H](O)[C@H]2OC[C@H]3OC(C)(C)O[C@@H]23)O1. The lowest BCUT2D eigenvalue weighted by Gasteiger charge is -2.28. The van der Waals surface area contributed by atoms with E-state index in [1.54, 1.807) is 0 Å². The van der Waals surface area contributed by atoms with Crippen molar-refractivity contribution in [1.82, 2.24) is 0 Å². The van der Waals surface area contributed by atoms with Crippen molar-refractivity contribution in [3.05, 3.63) is 0 Å². The normalized spacial score (nSPS) is 45.3. The standard InChI is InChI=1S/C13H22O6/c1-12(2)16-6-7(17-12)9(14)11-10-8(5-15-11)18-13(3,4)19-10/h7-11,14H,5-6H2,1-4H3/t7-,8+,9+,10+,11+/m0/s1. The third-order valence-corrected chi connectivity index (χ3v) is 3.75. The van der Waals surface area contributed by atoms with Crippen molar-refractivity contribution in [2.45, 2.75) is 69.8 Å². The van der Waals surface area contributed by atoms with Crippen LogP contribution in [0.15, 0.2) is 0 Å². The molecular weight excluding hydrogens is 252 g/mol. The minimum atomic E-state index is -0.783. The summed E-state index contributed by atoms with van der Waals surface area (Å²) in [6.07, 6.45) is -1.99. The van der Waals surface area contributed by atoms with Gasteiger partial charge in [0.15, 0.2) is 11.6 Å². The average Bonchev–Trinajstić information content (AvgIpc) is 2.89. The molecule has 6 nitrogen and oxygen atoms in total. The van der Waals surface area contributed by atoms with Gasteiger partial charge in [-0.25, -0.2) is 0 Å². The average molecular weight is 274 g/mol. The fourth-order valence-corrected chi connectivity index (χ4v) is 2.96. The first-order valence-corrected chi connectivity index (χ1v) is 6.74. The van der Waals surface area contributed by atoms with Gasteiger partial charge < -0.3 is 28.8 Å². The molecule has 3 fully saturated rings. The van der Waals surface area contributed by atoms with E-state index in [1.165, 1.54) is 0 Å². The summed E-state index contributed by atoms with van der Waals surface area (Å²) in [6.45, 7) is 8.19. The van der Waals surface area contributed by atoms with Crippen LogP contribution in [0.5, 0.6) is 0 Å². The molecule has 3 rings (SSSR count). The highest BCUT2D eigenvalue weighted by Gasteiger charge is 2.54. The molecule has 110 valence electrons. The highest BCUT2D eigenvalue weighted by molar-refractivity contribution is 4.98. The van der Waals surface area contributed by atoms with E-state index in [1.807, 2.05) is 27.7 Å². The van der Waals surface area contributed by atoms with Gasteiger partial charge in [0.25, 0.3) is 0 Å². The fraction of sp³-hybridized carbons (Fsp3) is 1.00. The van der Waals surface area contributed by atoms with Gasteiger partial charge in [-0.2, -0.15) is 0 Å². The van der Waals surface area contributed by atoms with Crippen LogP contribution in [0.2, 0.25) is 0 Å². The Morgan fingerprint density at radius 3 is 2.37 bits per heavy atom. The summed E-state index contributed by atoms with van der Waals surface area (Å²) in [7, 11) is 0. The van der Waals surface area contributed by atoms with Crippen LogP contribution < -0.4 is 0 Å². The highest BCUT2D eigenvalue weighted by atomic mass is 16.8. The molecule has 3 saturated heterocycles. The molecule has 0 amide bonds. The number of rotatable bonds is 2. The predicted molar refractivity (Wildman–Crippen MR) is 64.5 cm³/mol. The Kier molecular flexibility index (Phi) is 3.16. The van der Waals surface area contributed by atoms with Crippen LogP contribution in [0.25, 0.3) is 0 Å². The topological polar surface area (TPSA) is 66.4 Å². The zero-order valence-corrected chi connectivity index (χ0v) is 11.8. The van der Waals surface area contributed by atoms with E-state index >= 15 is 0 Å². The van der Waals surface area contributed by atoms with E-state index in [0.717, 1.165) is 0 Å². The molecule has 0 radical (unpaired) electrons. The number of aliphatic hydroxyl groups excluding tert-OH is 1. The van der Waals surface area contributed by atoms with Gasteiger partial charge in [-0.15, -0.1) is 0 Å². The van der Waals surface area contributed by atoms with Crippen molar-refractivity contribution in [3.63, 3.8) is 0 Å². The van der Waals surface area contributed by atoms with Crippen LogP contribution in [-0.2, 0) is 23.7 Å². The summed E-state index contributed by atoms with van der Waals surface area (Å²) in [5, 5.41) is 10.4. The van der Waals surface area contributed by atoms with E-state index in [4.69, 9.17) is 23.7 Å². The van der Waals surface area contributed by atoms with Crippen LogP contribution >= 0.6 is 0 Å². The molecule has 0 spiro atoms. The maximum Gasteiger partial charge on any atom is 0.164 e. The molecule has 3 aliphatic heterocycles. The summed E-state index contributed by atoms with van der Waals surface area (Å²) >= 11 is 0. The minimum absolute atomic E-state index is 0.120. The van der Waals surface area contributed by atoms with Gasteiger partial charge in [-0.1, -0.05) is 0 Å². The van der Waals surface area contributed by atoms with Crippen molar-refractivity contribution in [3.8, 4) is 0 Å². The predicted octanol–water partition coefficient (Wildman–Crippen LogP) is 0.418. The monoisotopic (exact) mass is 274 g/mol. The Balaban J connectivity index is 1.67. The summed E-state index contributed by atoms with van der Waals surface area (Å²) in [6, 6.07) is 0. The Morgan fingerprint density at radius 1 is 1.00 bits per heavy atom. The largest absolute Gasteiger partial charge is 0.387 e. The molecule has 0 aromatic carbocycles. The molecule has 6 heteroatoms. The smallest absolute Gasteiger partial charge is 0.164 e. The van der Waals surface area contributed by atoms with Gasteiger partial charge in [-0.05, 0) is 27.7 Å². The highest BCUT2D eigenvalue weighted by Crippen LogP contribution is 2.38. The molecule has 0 bridgehead atoms. The van der Waals surface area contributed by atoms with E-state index in [0.29, 0.717) is 13.2 Å². The number of aliphatic hydroxyl groups is 1. The van der Waals surface area contributed by atoms with Crippen molar-refractivity contribution in [2.24, 2.45) is 0 Å². The Bertz CT molecular complexity index is 355. The minimum Gasteiger partial charge on any atom is -0.387 e.